The molecule has 0 saturated carbocycles. The van der Waals surface area contributed by atoms with Crippen LogP contribution in [0.15, 0.2) is 25.7 Å². The van der Waals surface area contributed by atoms with Gasteiger partial charge in [-0.1, -0.05) is 13.2 Å². The molecule has 0 aliphatic heterocycles. The Kier molecular flexibility index (Phi) is 13.4. The van der Waals surface area contributed by atoms with Crippen LogP contribution in [0.2, 0.25) is 0 Å². The van der Waals surface area contributed by atoms with Gasteiger partial charge in [0.05, 0.1) is 25.7 Å². The number of hydrogen-bond donors (Lipinski definition) is 0. The van der Waals surface area contributed by atoms with Crippen LogP contribution in [0.3, 0.4) is 0 Å². The zero-order valence-corrected chi connectivity index (χ0v) is 9.43. The van der Waals surface area contributed by atoms with E-state index < -0.39 is 12.3 Å². The third-order valence-corrected chi connectivity index (χ3v) is 0.883. The molecule has 0 aliphatic rings. The first kappa shape index (κ1) is 16.4. The number of carbonyl (C=O) groups is 2. The highest BCUT2D eigenvalue weighted by Gasteiger charge is 1.96. The Morgan fingerprint density at radius 2 is 1.31 bits per heavy atom. The Morgan fingerprint density at radius 1 is 0.938 bits per heavy atom. The summed E-state index contributed by atoms with van der Waals surface area (Å²) in [4.78, 5) is 20.3. The van der Waals surface area contributed by atoms with E-state index in [2.05, 4.69) is 32.1 Å². The van der Waals surface area contributed by atoms with Gasteiger partial charge in [-0.3, -0.25) is 0 Å². The van der Waals surface area contributed by atoms with Gasteiger partial charge in [-0.2, -0.15) is 0 Å². The fraction of sp³-hybridized carbons (Fsp3) is 0.400. The van der Waals surface area contributed by atoms with Crippen molar-refractivity contribution in [2.75, 3.05) is 13.2 Å². The van der Waals surface area contributed by atoms with Gasteiger partial charge in [-0.15, -0.1) is 0 Å². The number of carbonyl (C=O) groups excluding carboxylic acids is 2. The standard InChI is InChI=1S/C5H10O3.C5H6O3/c2*1-3-7-5(6)8-4-2/h3-4H2,1-2H3;3-4H,1-2H2. The Morgan fingerprint density at radius 3 is 1.56 bits per heavy atom. The van der Waals surface area contributed by atoms with Crippen molar-refractivity contribution >= 4 is 12.3 Å². The summed E-state index contributed by atoms with van der Waals surface area (Å²) in [6, 6.07) is 0. The van der Waals surface area contributed by atoms with Gasteiger partial charge in [-0.05, 0) is 13.8 Å². The molecule has 0 heterocycles. The summed E-state index contributed by atoms with van der Waals surface area (Å²) in [5.41, 5.74) is 0. The molecule has 0 N–H and O–H groups in total. The maximum Gasteiger partial charge on any atom is 0.518 e. The summed E-state index contributed by atoms with van der Waals surface area (Å²) >= 11 is 0. The maximum atomic E-state index is 10.2. The van der Waals surface area contributed by atoms with Crippen LogP contribution < -0.4 is 0 Å². The lowest BCUT2D eigenvalue weighted by molar-refractivity contribution is 0.0630. The van der Waals surface area contributed by atoms with Gasteiger partial charge in [0.15, 0.2) is 0 Å². The normalized spacial score (nSPS) is 7.62. The second-order valence-corrected chi connectivity index (χ2v) is 1.94. The average molecular weight is 232 g/mol. The molecule has 6 heteroatoms. The van der Waals surface area contributed by atoms with Crippen LogP contribution in [0.4, 0.5) is 9.59 Å². The van der Waals surface area contributed by atoms with Crippen molar-refractivity contribution in [1.82, 2.24) is 0 Å². The van der Waals surface area contributed by atoms with Gasteiger partial charge < -0.3 is 18.9 Å². The molecule has 0 aromatic carbocycles. The van der Waals surface area contributed by atoms with E-state index in [9.17, 15) is 9.59 Å². The van der Waals surface area contributed by atoms with Gasteiger partial charge in [0.1, 0.15) is 0 Å². The molecule has 0 aliphatic carbocycles. The molecule has 0 radical (unpaired) electrons. The van der Waals surface area contributed by atoms with E-state index >= 15 is 0 Å². The highest BCUT2D eigenvalue weighted by Crippen LogP contribution is 1.83. The average Bonchev–Trinajstić information content (AvgIpc) is 2.20. The van der Waals surface area contributed by atoms with Crippen LogP contribution >= 0.6 is 0 Å². The van der Waals surface area contributed by atoms with Gasteiger partial charge >= 0.3 is 12.3 Å². The zero-order chi connectivity index (χ0) is 12.8. The molecule has 0 fully saturated rings. The Bertz CT molecular complexity index is 203. The minimum Gasteiger partial charge on any atom is -0.435 e. The second kappa shape index (κ2) is 13.0. The quantitative estimate of drug-likeness (QED) is 0.548. The predicted octanol–water partition coefficient (Wildman–Crippen LogP) is 2.61. The first-order chi connectivity index (χ1) is 7.62. The number of rotatable bonds is 4. The summed E-state index contributed by atoms with van der Waals surface area (Å²) in [6.45, 7) is 10.5. The summed E-state index contributed by atoms with van der Waals surface area (Å²) in [6.07, 6.45) is 0.544. The maximum absolute atomic E-state index is 10.2. The van der Waals surface area contributed by atoms with Crippen molar-refractivity contribution in [1.29, 1.82) is 0 Å². The van der Waals surface area contributed by atoms with E-state index in [1.165, 1.54) is 0 Å². The summed E-state index contributed by atoms with van der Waals surface area (Å²) in [7, 11) is 0. The topological polar surface area (TPSA) is 71.1 Å². The fourth-order valence-electron chi connectivity index (χ4n) is 0.441. The van der Waals surface area contributed by atoms with Crippen molar-refractivity contribution < 1.29 is 28.5 Å². The molecule has 6 nitrogen and oxygen atoms in total. The van der Waals surface area contributed by atoms with Gasteiger partial charge in [0, 0.05) is 0 Å². The first-order valence-electron chi connectivity index (χ1n) is 4.50. The monoisotopic (exact) mass is 232 g/mol. The van der Waals surface area contributed by atoms with Crippen molar-refractivity contribution in [2.45, 2.75) is 13.8 Å². The molecule has 0 rings (SSSR count). The Balaban J connectivity index is 0. The summed E-state index contributed by atoms with van der Waals surface area (Å²) in [5, 5.41) is 0. The minimum atomic E-state index is -0.824. The molecule has 16 heavy (non-hydrogen) atoms. The van der Waals surface area contributed by atoms with E-state index in [0.717, 1.165) is 12.5 Å². The molecule has 0 spiro atoms. The van der Waals surface area contributed by atoms with Gasteiger partial charge in [0.2, 0.25) is 0 Å². The van der Waals surface area contributed by atoms with E-state index in [4.69, 9.17) is 0 Å². The van der Waals surface area contributed by atoms with Gasteiger partial charge in [-0.25, -0.2) is 9.59 Å². The highest BCUT2D eigenvalue weighted by atomic mass is 16.7. The SMILES string of the molecule is C=COC(=O)OC=C.CCOC(=O)OCC. The van der Waals surface area contributed by atoms with Crippen LogP contribution in [0.1, 0.15) is 13.8 Å². The molecular weight excluding hydrogens is 216 g/mol. The molecule has 92 valence electrons. The van der Waals surface area contributed by atoms with Crippen molar-refractivity contribution in [3.63, 3.8) is 0 Å². The Hall–Kier alpha value is -1.98. The van der Waals surface area contributed by atoms with Crippen molar-refractivity contribution in [3.05, 3.63) is 25.7 Å². The first-order valence-corrected chi connectivity index (χ1v) is 4.50. The highest BCUT2D eigenvalue weighted by molar-refractivity contribution is 5.61. The molecule has 0 atom stereocenters. The van der Waals surface area contributed by atoms with E-state index in [0.29, 0.717) is 13.2 Å². The van der Waals surface area contributed by atoms with Crippen LogP contribution in [-0.2, 0) is 18.9 Å². The molecule has 0 saturated heterocycles. The molecule has 0 aromatic heterocycles. The third-order valence-electron chi connectivity index (χ3n) is 0.883. The lowest BCUT2D eigenvalue weighted by atomic mass is 10.8. The van der Waals surface area contributed by atoms with E-state index in [1.807, 2.05) is 0 Å². The van der Waals surface area contributed by atoms with E-state index in [-0.39, 0.29) is 0 Å². The van der Waals surface area contributed by atoms with Gasteiger partial charge in [0.25, 0.3) is 0 Å². The molecule has 0 bridgehead atoms. The lowest BCUT2D eigenvalue weighted by Crippen LogP contribution is -2.05. The summed E-state index contributed by atoms with van der Waals surface area (Å²) < 4.78 is 17.1. The van der Waals surface area contributed by atoms with Crippen LogP contribution in [0.5, 0.6) is 0 Å². The molecular formula is C10H16O6. The lowest BCUT2D eigenvalue weighted by Gasteiger charge is -1.98. The summed E-state index contributed by atoms with van der Waals surface area (Å²) in [5.74, 6) is 0. The molecule has 0 amide bonds. The number of ether oxygens (including phenoxy) is 4. The van der Waals surface area contributed by atoms with Crippen LogP contribution in [-0.4, -0.2) is 25.5 Å². The Labute approximate surface area is 94.4 Å². The van der Waals surface area contributed by atoms with Crippen molar-refractivity contribution in [2.24, 2.45) is 0 Å². The van der Waals surface area contributed by atoms with Crippen molar-refractivity contribution in [3.8, 4) is 0 Å². The number of hydrogen-bond acceptors (Lipinski definition) is 6. The van der Waals surface area contributed by atoms with Crippen LogP contribution in [0, 0.1) is 0 Å². The minimum absolute atomic E-state index is 0.374. The zero-order valence-electron chi connectivity index (χ0n) is 9.43. The molecule has 0 unspecified atom stereocenters. The third kappa shape index (κ3) is 14.5. The van der Waals surface area contributed by atoms with Crippen LogP contribution in [0.25, 0.3) is 0 Å². The molecule has 0 aromatic rings. The smallest absolute Gasteiger partial charge is 0.435 e. The second-order valence-electron chi connectivity index (χ2n) is 1.94. The fourth-order valence-corrected chi connectivity index (χ4v) is 0.441. The van der Waals surface area contributed by atoms with E-state index in [1.54, 1.807) is 13.8 Å². The largest absolute Gasteiger partial charge is 0.518 e. The predicted molar refractivity (Wildman–Crippen MR) is 56.6 cm³/mol.